The molecule has 4 heterocycles. The van der Waals surface area contributed by atoms with Crippen LogP contribution in [0.4, 0.5) is 10.1 Å². The molecule has 3 N–H and O–H groups in total. The largest absolute Gasteiger partial charge is 0.358 e. The summed E-state index contributed by atoms with van der Waals surface area (Å²) in [6.45, 7) is 9.99. The fourth-order valence-electron chi connectivity index (χ4n) is 4.54. The molecule has 38 heavy (non-hydrogen) atoms. The lowest BCUT2D eigenvalue weighted by Gasteiger charge is -2.10. The Morgan fingerprint density at radius 2 is 1.92 bits per heavy atom. The maximum Gasteiger partial charge on any atom is 0.159 e. The van der Waals surface area contributed by atoms with Crippen LogP contribution < -0.4 is 15.9 Å². The standard InChI is InChI=1S/C30H26FN7/c1-4-24-26(27(31)17(2)21-14-22(16-33-15-21)34-18(3)19-8-9-19)29(38-37-24)30-35-25-7-5-6-23(28(25)36-30)20-10-12-32-13-11-20/h4-7,10-16,19,34,37H,2-3,8-9H2,1H3,(H,35,36)/b24-4+,27-26-. The highest BCUT2D eigenvalue weighted by Crippen LogP contribution is 2.36. The molecule has 7 nitrogen and oxygen atoms in total. The van der Waals surface area contributed by atoms with Gasteiger partial charge in [0.1, 0.15) is 11.5 Å². The van der Waals surface area contributed by atoms with Crippen LogP contribution in [0.2, 0.25) is 0 Å². The van der Waals surface area contributed by atoms with Crippen molar-refractivity contribution in [2.75, 3.05) is 5.32 Å². The van der Waals surface area contributed by atoms with Crippen molar-refractivity contribution in [3.05, 3.63) is 96.2 Å². The van der Waals surface area contributed by atoms with Crippen molar-refractivity contribution in [2.24, 2.45) is 5.92 Å². The Morgan fingerprint density at radius 3 is 2.68 bits per heavy atom. The number of aromatic amines is 2. The molecule has 1 saturated carbocycles. The summed E-state index contributed by atoms with van der Waals surface area (Å²) in [5.41, 5.74) is 6.38. The number of rotatable bonds is 7. The first-order valence-electron chi connectivity index (χ1n) is 12.4. The first-order chi connectivity index (χ1) is 18.5. The van der Waals surface area contributed by atoms with Gasteiger partial charge in [0.05, 0.1) is 33.5 Å². The van der Waals surface area contributed by atoms with Crippen molar-refractivity contribution >= 4 is 34.2 Å². The van der Waals surface area contributed by atoms with Crippen LogP contribution in [0, 0.1) is 5.92 Å². The van der Waals surface area contributed by atoms with Crippen molar-refractivity contribution in [3.8, 4) is 22.6 Å². The third-order valence-electron chi connectivity index (χ3n) is 6.76. The number of para-hydroxylation sites is 1. The van der Waals surface area contributed by atoms with Crippen LogP contribution in [0.3, 0.4) is 0 Å². The fraction of sp³-hybridized carbons (Fsp3) is 0.133. The molecule has 1 aromatic carbocycles. The SMILES string of the molecule is C=C(/C(F)=c1/c(-c2nc3c(-c4ccncc4)cccc3[nH]2)n[nH]/c1=C/C)c1cncc(NC(=C)C2CC2)c1. The van der Waals surface area contributed by atoms with E-state index in [1.54, 1.807) is 30.9 Å². The quantitative estimate of drug-likeness (QED) is 0.279. The Morgan fingerprint density at radius 1 is 1.11 bits per heavy atom. The van der Waals surface area contributed by atoms with Gasteiger partial charge in [0, 0.05) is 41.0 Å². The minimum Gasteiger partial charge on any atom is -0.358 e. The monoisotopic (exact) mass is 503 g/mol. The number of pyridine rings is 2. The maximum atomic E-state index is 16.2. The first-order valence-corrected chi connectivity index (χ1v) is 12.4. The molecule has 0 bridgehead atoms. The van der Waals surface area contributed by atoms with Crippen molar-refractivity contribution in [3.63, 3.8) is 0 Å². The number of nitrogens with one attached hydrogen (secondary N) is 3. The van der Waals surface area contributed by atoms with Crippen molar-refractivity contribution in [2.45, 2.75) is 19.8 Å². The Kier molecular flexibility index (Phi) is 5.92. The highest BCUT2D eigenvalue weighted by molar-refractivity contribution is 5.96. The normalized spacial score (nSPS) is 14.5. The number of imidazole rings is 1. The minimum atomic E-state index is -0.503. The van der Waals surface area contributed by atoms with E-state index in [2.05, 4.69) is 43.6 Å². The van der Waals surface area contributed by atoms with Crippen LogP contribution in [-0.4, -0.2) is 30.1 Å². The molecular weight excluding hydrogens is 477 g/mol. The number of anilines is 1. The molecule has 0 amide bonds. The lowest BCUT2D eigenvalue weighted by atomic mass is 10.1. The number of fused-ring (bicyclic) bond motifs is 1. The second-order valence-electron chi connectivity index (χ2n) is 9.35. The highest BCUT2D eigenvalue weighted by atomic mass is 19.1. The van der Waals surface area contributed by atoms with Gasteiger partial charge in [-0.15, -0.1) is 0 Å². The molecule has 188 valence electrons. The summed E-state index contributed by atoms with van der Waals surface area (Å²) in [7, 11) is 0. The molecule has 1 aliphatic carbocycles. The lowest BCUT2D eigenvalue weighted by Crippen LogP contribution is -2.26. The molecule has 0 aliphatic heterocycles. The Bertz CT molecular complexity index is 1810. The van der Waals surface area contributed by atoms with E-state index >= 15 is 4.39 Å². The molecule has 0 spiro atoms. The fourth-order valence-corrected chi connectivity index (χ4v) is 4.54. The van der Waals surface area contributed by atoms with Crippen LogP contribution in [-0.2, 0) is 0 Å². The van der Waals surface area contributed by atoms with Gasteiger partial charge in [-0.05, 0) is 55.5 Å². The average molecular weight is 504 g/mol. The number of nitrogens with zero attached hydrogens (tertiary/aromatic N) is 4. The Labute approximate surface area is 218 Å². The second kappa shape index (κ2) is 9.55. The van der Waals surface area contributed by atoms with Crippen molar-refractivity contribution in [1.82, 2.24) is 30.1 Å². The molecule has 1 fully saturated rings. The van der Waals surface area contributed by atoms with Crippen molar-refractivity contribution < 1.29 is 4.39 Å². The van der Waals surface area contributed by atoms with Gasteiger partial charge in [0.25, 0.3) is 0 Å². The van der Waals surface area contributed by atoms with Gasteiger partial charge in [-0.2, -0.15) is 5.10 Å². The molecule has 1 aliphatic rings. The molecule has 4 aromatic heterocycles. The molecule has 8 heteroatoms. The zero-order valence-corrected chi connectivity index (χ0v) is 20.9. The van der Waals surface area contributed by atoms with Crippen LogP contribution in [0.25, 0.3) is 51.2 Å². The molecule has 5 aromatic rings. The minimum absolute atomic E-state index is 0.206. The van der Waals surface area contributed by atoms with Gasteiger partial charge in [-0.3, -0.25) is 15.1 Å². The van der Waals surface area contributed by atoms with E-state index in [1.807, 2.05) is 43.3 Å². The van der Waals surface area contributed by atoms with Gasteiger partial charge in [-0.25, -0.2) is 9.37 Å². The summed E-state index contributed by atoms with van der Waals surface area (Å²) < 4.78 is 16.2. The summed E-state index contributed by atoms with van der Waals surface area (Å²) in [6, 6.07) is 11.6. The third kappa shape index (κ3) is 4.30. The number of halogens is 1. The van der Waals surface area contributed by atoms with E-state index in [9.17, 15) is 0 Å². The number of benzene rings is 1. The summed E-state index contributed by atoms with van der Waals surface area (Å²) in [6.07, 6.45) is 10.8. The first kappa shape index (κ1) is 23.5. The third-order valence-corrected chi connectivity index (χ3v) is 6.76. The Hall–Kier alpha value is -4.85. The van der Waals surface area contributed by atoms with E-state index in [1.165, 1.54) is 0 Å². The van der Waals surface area contributed by atoms with E-state index in [4.69, 9.17) is 4.98 Å². The van der Waals surface area contributed by atoms with Gasteiger partial charge in [0.15, 0.2) is 5.82 Å². The average Bonchev–Trinajstić information content (AvgIpc) is 3.57. The van der Waals surface area contributed by atoms with Crippen LogP contribution in [0.5, 0.6) is 0 Å². The van der Waals surface area contributed by atoms with Gasteiger partial charge >= 0.3 is 0 Å². The number of hydrogen-bond acceptors (Lipinski definition) is 5. The summed E-state index contributed by atoms with van der Waals surface area (Å²) in [4.78, 5) is 16.6. The van der Waals surface area contributed by atoms with E-state index < -0.39 is 5.83 Å². The Balaban J connectivity index is 1.44. The predicted octanol–water partition coefficient (Wildman–Crippen LogP) is 5.34. The van der Waals surface area contributed by atoms with Gasteiger partial charge in [0.2, 0.25) is 0 Å². The topological polar surface area (TPSA) is 95.2 Å². The number of hydrogen-bond donors (Lipinski definition) is 3. The molecule has 6 rings (SSSR count). The van der Waals surface area contributed by atoms with E-state index in [0.29, 0.717) is 33.6 Å². The zero-order chi connectivity index (χ0) is 26.2. The number of allylic oxidation sites excluding steroid dienone is 2. The molecular formula is C30H26FN7. The molecule has 0 unspecified atom stereocenters. The number of aromatic nitrogens is 6. The summed E-state index contributed by atoms with van der Waals surface area (Å²) >= 11 is 0. The zero-order valence-electron chi connectivity index (χ0n) is 20.9. The van der Waals surface area contributed by atoms with Crippen LogP contribution in [0.1, 0.15) is 25.3 Å². The second-order valence-corrected chi connectivity index (χ2v) is 9.35. The molecule has 0 radical (unpaired) electrons. The van der Waals surface area contributed by atoms with E-state index in [0.717, 1.165) is 46.4 Å². The summed E-state index contributed by atoms with van der Waals surface area (Å²) in [5.74, 6) is 0.443. The van der Waals surface area contributed by atoms with Gasteiger partial charge in [-0.1, -0.05) is 31.4 Å². The summed E-state index contributed by atoms with van der Waals surface area (Å²) in [5, 5.41) is 11.5. The maximum absolute atomic E-state index is 16.2. The van der Waals surface area contributed by atoms with E-state index in [-0.39, 0.29) is 5.57 Å². The number of H-pyrrole nitrogens is 2. The highest BCUT2D eigenvalue weighted by Gasteiger charge is 2.25. The van der Waals surface area contributed by atoms with Crippen molar-refractivity contribution in [1.29, 1.82) is 0 Å². The smallest absolute Gasteiger partial charge is 0.159 e. The van der Waals surface area contributed by atoms with Crippen LogP contribution in [0.15, 0.2) is 80.0 Å². The van der Waals surface area contributed by atoms with Gasteiger partial charge < -0.3 is 10.3 Å². The lowest BCUT2D eigenvalue weighted by molar-refractivity contribution is 0.764. The van der Waals surface area contributed by atoms with Crippen LogP contribution >= 0.6 is 0 Å². The molecule has 0 saturated heterocycles. The molecule has 0 atom stereocenters. The predicted molar refractivity (Wildman–Crippen MR) is 150 cm³/mol.